The van der Waals surface area contributed by atoms with Crippen molar-refractivity contribution < 1.29 is 27.9 Å². The van der Waals surface area contributed by atoms with Gasteiger partial charge in [0.15, 0.2) is 0 Å². The van der Waals surface area contributed by atoms with Gasteiger partial charge in [-0.2, -0.15) is 8.42 Å². The topological polar surface area (TPSA) is 104 Å². The zero-order chi connectivity index (χ0) is 10.2. The Hall–Kier alpha value is -0.210. The van der Waals surface area contributed by atoms with E-state index in [0.717, 1.165) is 0 Å². The van der Waals surface area contributed by atoms with Crippen LogP contribution in [-0.2, 0) is 14.9 Å². The van der Waals surface area contributed by atoms with E-state index in [1.54, 1.807) is 0 Å². The van der Waals surface area contributed by atoms with E-state index in [4.69, 9.17) is 14.4 Å². The Kier molecular flexibility index (Phi) is 2.93. The van der Waals surface area contributed by atoms with E-state index in [2.05, 4.69) is 0 Å². The van der Waals surface area contributed by atoms with Crippen molar-refractivity contribution in [2.75, 3.05) is 0 Å². The van der Waals surface area contributed by atoms with Gasteiger partial charge in [0.05, 0.1) is 18.3 Å². The summed E-state index contributed by atoms with van der Waals surface area (Å²) in [7, 11) is -4.41. The molecule has 7 heteroatoms. The first kappa shape index (κ1) is 10.9. The van der Waals surface area contributed by atoms with Gasteiger partial charge in [-0.15, -0.1) is 0 Å². The van der Waals surface area contributed by atoms with Gasteiger partial charge in [0.2, 0.25) is 5.44 Å². The Morgan fingerprint density at radius 1 is 1.31 bits per heavy atom. The Balaban J connectivity index is 2.79. The molecule has 1 aliphatic rings. The van der Waals surface area contributed by atoms with Crippen LogP contribution >= 0.6 is 0 Å². The second-order valence-electron chi connectivity index (χ2n) is 3.09. The summed E-state index contributed by atoms with van der Waals surface area (Å²) in [5.74, 6) is 0. The van der Waals surface area contributed by atoms with E-state index in [9.17, 15) is 13.5 Å². The monoisotopic (exact) mass is 212 g/mol. The van der Waals surface area contributed by atoms with Crippen molar-refractivity contribution in [3.63, 3.8) is 0 Å². The molecular weight excluding hydrogens is 200 g/mol. The molecule has 6 nitrogen and oxygen atoms in total. The molecule has 13 heavy (non-hydrogen) atoms. The lowest BCUT2D eigenvalue weighted by Gasteiger charge is -2.33. The van der Waals surface area contributed by atoms with Gasteiger partial charge in [0, 0.05) is 6.42 Å². The number of hydrogen-bond donors (Lipinski definition) is 3. The number of aliphatic hydroxyl groups is 2. The molecule has 1 fully saturated rings. The SMILES string of the molecule is C[C@H]1OC(S(=O)(=O)O)[C@H](O)C[C@@H]1O. The molecule has 0 aliphatic carbocycles. The number of rotatable bonds is 1. The molecule has 3 N–H and O–H groups in total. The summed E-state index contributed by atoms with van der Waals surface area (Å²) in [5, 5.41) is 18.3. The minimum Gasteiger partial charge on any atom is -0.390 e. The Morgan fingerprint density at radius 2 is 1.85 bits per heavy atom. The summed E-state index contributed by atoms with van der Waals surface area (Å²) in [6.45, 7) is 1.47. The van der Waals surface area contributed by atoms with Gasteiger partial charge in [-0.3, -0.25) is 4.55 Å². The number of aliphatic hydroxyl groups excluding tert-OH is 2. The first-order valence-corrected chi connectivity index (χ1v) is 5.30. The quantitative estimate of drug-likeness (QED) is 0.468. The van der Waals surface area contributed by atoms with Crippen LogP contribution in [0.3, 0.4) is 0 Å². The van der Waals surface area contributed by atoms with E-state index in [0.29, 0.717) is 0 Å². The maximum atomic E-state index is 10.6. The lowest BCUT2D eigenvalue weighted by Crippen LogP contribution is -2.49. The van der Waals surface area contributed by atoms with Gasteiger partial charge in [-0.05, 0) is 6.92 Å². The van der Waals surface area contributed by atoms with Gasteiger partial charge < -0.3 is 14.9 Å². The van der Waals surface area contributed by atoms with Crippen LogP contribution in [0.25, 0.3) is 0 Å². The molecule has 78 valence electrons. The Labute approximate surface area is 75.9 Å². The predicted molar refractivity (Wildman–Crippen MR) is 42.5 cm³/mol. The molecule has 4 atom stereocenters. The summed E-state index contributed by atoms with van der Waals surface area (Å²) in [5.41, 5.74) is -1.65. The maximum absolute atomic E-state index is 10.6. The highest BCUT2D eigenvalue weighted by molar-refractivity contribution is 7.86. The summed E-state index contributed by atoms with van der Waals surface area (Å²) in [6, 6.07) is 0. The van der Waals surface area contributed by atoms with E-state index in [1.807, 2.05) is 0 Å². The second kappa shape index (κ2) is 3.50. The van der Waals surface area contributed by atoms with Crippen molar-refractivity contribution in [1.29, 1.82) is 0 Å². The van der Waals surface area contributed by atoms with Crippen molar-refractivity contribution in [1.82, 2.24) is 0 Å². The average Bonchev–Trinajstić information content (AvgIpc) is 1.94. The lowest BCUT2D eigenvalue weighted by molar-refractivity contribution is -0.134. The highest BCUT2D eigenvalue weighted by atomic mass is 32.2. The van der Waals surface area contributed by atoms with Crippen LogP contribution < -0.4 is 0 Å². The maximum Gasteiger partial charge on any atom is 0.294 e. The van der Waals surface area contributed by atoms with Gasteiger partial charge in [-0.25, -0.2) is 0 Å². The summed E-state index contributed by atoms with van der Waals surface area (Å²) >= 11 is 0. The van der Waals surface area contributed by atoms with Crippen LogP contribution in [0, 0.1) is 0 Å². The van der Waals surface area contributed by atoms with E-state index >= 15 is 0 Å². The fraction of sp³-hybridized carbons (Fsp3) is 1.00. The zero-order valence-electron chi connectivity index (χ0n) is 6.99. The van der Waals surface area contributed by atoms with Crippen LogP contribution in [0.5, 0.6) is 0 Å². The van der Waals surface area contributed by atoms with E-state index in [-0.39, 0.29) is 6.42 Å². The molecule has 0 radical (unpaired) electrons. The molecule has 1 saturated heterocycles. The Bertz CT molecular complexity index is 273. The third-order valence-corrected chi connectivity index (χ3v) is 2.99. The molecule has 0 aromatic heterocycles. The van der Waals surface area contributed by atoms with Crippen LogP contribution in [-0.4, -0.2) is 46.9 Å². The molecule has 1 rings (SSSR count). The van der Waals surface area contributed by atoms with Crippen molar-refractivity contribution in [3.8, 4) is 0 Å². The molecule has 0 saturated carbocycles. The minimum absolute atomic E-state index is 0.119. The minimum atomic E-state index is -4.41. The molecule has 0 aromatic carbocycles. The molecular formula is C6H12O6S. The molecule has 0 aromatic rings. The summed E-state index contributed by atoms with van der Waals surface area (Å²) in [6.07, 6.45) is -3.13. The smallest absolute Gasteiger partial charge is 0.294 e. The van der Waals surface area contributed by atoms with Crippen molar-refractivity contribution >= 4 is 10.1 Å². The largest absolute Gasteiger partial charge is 0.390 e. The van der Waals surface area contributed by atoms with Crippen LogP contribution in [0.15, 0.2) is 0 Å². The van der Waals surface area contributed by atoms with Gasteiger partial charge in [-0.1, -0.05) is 0 Å². The number of ether oxygens (including phenoxy) is 1. The summed E-state index contributed by atoms with van der Waals surface area (Å²) < 4.78 is 34.6. The predicted octanol–water partition coefficient (Wildman–Crippen LogP) is -1.27. The normalized spacial score (nSPS) is 41.8. The van der Waals surface area contributed by atoms with Crippen LogP contribution in [0.1, 0.15) is 13.3 Å². The third kappa shape index (κ3) is 2.38. The summed E-state index contributed by atoms with van der Waals surface area (Å²) in [4.78, 5) is 0. The first-order valence-electron chi connectivity index (χ1n) is 3.80. The van der Waals surface area contributed by atoms with Crippen LogP contribution in [0.4, 0.5) is 0 Å². The molecule has 0 amide bonds. The van der Waals surface area contributed by atoms with Gasteiger partial charge in [0.1, 0.15) is 0 Å². The molecule has 1 unspecified atom stereocenters. The molecule has 1 aliphatic heterocycles. The van der Waals surface area contributed by atoms with Crippen LogP contribution in [0.2, 0.25) is 0 Å². The number of hydrogen-bond acceptors (Lipinski definition) is 5. The van der Waals surface area contributed by atoms with Gasteiger partial charge >= 0.3 is 0 Å². The molecule has 0 spiro atoms. The van der Waals surface area contributed by atoms with Gasteiger partial charge in [0.25, 0.3) is 10.1 Å². The standard InChI is InChI=1S/C6H12O6S/c1-3-4(7)2-5(8)6(12-3)13(9,10)11/h3-8H,2H2,1H3,(H,9,10,11)/t3-,4+,5-,6?/m1/s1. The van der Waals surface area contributed by atoms with Crippen molar-refractivity contribution in [2.45, 2.75) is 37.1 Å². The van der Waals surface area contributed by atoms with Crippen molar-refractivity contribution in [2.24, 2.45) is 0 Å². The first-order chi connectivity index (χ1) is 5.82. The highest BCUT2D eigenvalue weighted by Crippen LogP contribution is 2.22. The zero-order valence-corrected chi connectivity index (χ0v) is 7.81. The highest BCUT2D eigenvalue weighted by Gasteiger charge is 2.40. The second-order valence-corrected chi connectivity index (χ2v) is 4.59. The van der Waals surface area contributed by atoms with Crippen molar-refractivity contribution in [3.05, 3.63) is 0 Å². The lowest BCUT2D eigenvalue weighted by atomic mass is 10.1. The molecule has 1 heterocycles. The Morgan fingerprint density at radius 3 is 2.31 bits per heavy atom. The van der Waals surface area contributed by atoms with E-state index in [1.165, 1.54) is 6.92 Å². The third-order valence-electron chi connectivity index (χ3n) is 1.98. The fourth-order valence-corrected chi connectivity index (χ4v) is 2.04. The average molecular weight is 212 g/mol. The molecule has 0 bridgehead atoms. The van der Waals surface area contributed by atoms with E-state index < -0.39 is 33.9 Å². The fourth-order valence-electron chi connectivity index (χ4n) is 1.21.